The van der Waals surface area contributed by atoms with Crippen LogP contribution in [0.25, 0.3) is 0 Å². The molecule has 0 atom stereocenters. The van der Waals surface area contributed by atoms with Crippen molar-refractivity contribution in [3.8, 4) is 0 Å². The summed E-state index contributed by atoms with van der Waals surface area (Å²) in [6.07, 6.45) is 5.43. The maximum Gasteiger partial charge on any atom is 0.271 e. The highest BCUT2D eigenvalue weighted by Crippen LogP contribution is 2.19. The molecule has 0 radical (unpaired) electrons. The Labute approximate surface area is 159 Å². The third kappa shape index (κ3) is 5.41. The fraction of sp³-hybridized carbons (Fsp3) is 0.286. The van der Waals surface area contributed by atoms with Gasteiger partial charge in [-0.3, -0.25) is 9.59 Å². The molecule has 2 amide bonds. The quantitative estimate of drug-likeness (QED) is 0.631. The van der Waals surface area contributed by atoms with Crippen molar-refractivity contribution >= 4 is 29.4 Å². The van der Waals surface area contributed by atoms with Gasteiger partial charge in [-0.25, -0.2) is 5.43 Å². The Morgan fingerprint density at radius 1 is 1.04 bits per heavy atom. The molecule has 6 nitrogen and oxygen atoms in total. The number of carbonyl (C=O) groups excluding carboxylic acids is 2. The topological polar surface area (TPSA) is 73.8 Å². The first-order valence-electron chi connectivity index (χ1n) is 9.18. The van der Waals surface area contributed by atoms with Gasteiger partial charge in [0.25, 0.3) is 5.91 Å². The van der Waals surface area contributed by atoms with Crippen LogP contribution < -0.4 is 15.6 Å². The summed E-state index contributed by atoms with van der Waals surface area (Å²) >= 11 is 0. The van der Waals surface area contributed by atoms with E-state index in [0.717, 1.165) is 18.7 Å². The Bertz CT molecular complexity index is 824. The van der Waals surface area contributed by atoms with E-state index in [-0.39, 0.29) is 11.8 Å². The fourth-order valence-corrected chi connectivity index (χ4v) is 3.09. The summed E-state index contributed by atoms with van der Waals surface area (Å²) in [5, 5.41) is 6.68. The number of benzene rings is 2. The van der Waals surface area contributed by atoms with Crippen LogP contribution in [-0.4, -0.2) is 31.1 Å². The molecule has 1 aliphatic heterocycles. The monoisotopic (exact) mass is 364 g/mol. The molecular formula is C21H24N4O2. The minimum atomic E-state index is -0.330. The Hall–Kier alpha value is -3.15. The van der Waals surface area contributed by atoms with E-state index in [1.807, 2.05) is 12.1 Å². The molecule has 0 aromatic heterocycles. The molecule has 6 heteroatoms. The molecule has 0 unspecified atom stereocenters. The third-order valence-corrected chi connectivity index (χ3v) is 4.44. The molecule has 1 saturated heterocycles. The Kier molecular flexibility index (Phi) is 6.20. The van der Waals surface area contributed by atoms with E-state index in [9.17, 15) is 9.59 Å². The lowest BCUT2D eigenvalue weighted by Gasteiger charge is -2.28. The van der Waals surface area contributed by atoms with Crippen LogP contribution in [-0.2, 0) is 4.79 Å². The van der Waals surface area contributed by atoms with Crippen LogP contribution >= 0.6 is 0 Å². The van der Waals surface area contributed by atoms with Crippen LogP contribution in [0.1, 0.15) is 42.1 Å². The Morgan fingerprint density at radius 2 is 1.78 bits per heavy atom. The van der Waals surface area contributed by atoms with Crippen LogP contribution in [0, 0.1) is 0 Å². The molecule has 1 heterocycles. The lowest BCUT2D eigenvalue weighted by Crippen LogP contribution is -2.29. The Morgan fingerprint density at radius 3 is 2.48 bits per heavy atom. The lowest BCUT2D eigenvalue weighted by atomic mass is 10.1. The van der Waals surface area contributed by atoms with Gasteiger partial charge < -0.3 is 10.2 Å². The second kappa shape index (κ2) is 8.98. The first kappa shape index (κ1) is 18.6. The van der Waals surface area contributed by atoms with Crippen LogP contribution in [0.3, 0.4) is 0 Å². The smallest absolute Gasteiger partial charge is 0.271 e. The number of anilines is 2. The van der Waals surface area contributed by atoms with E-state index in [0.29, 0.717) is 11.3 Å². The molecular weight excluding hydrogens is 340 g/mol. The van der Waals surface area contributed by atoms with Gasteiger partial charge in [-0.1, -0.05) is 18.2 Å². The Balaban J connectivity index is 1.56. The molecule has 140 valence electrons. The zero-order valence-electron chi connectivity index (χ0n) is 15.4. The number of amides is 2. The molecule has 27 heavy (non-hydrogen) atoms. The lowest BCUT2D eigenvalue weighted by molar-refractivity contribution is -0.114. The van der Waals surface area contributed by atoms with E-state index in [4.69, 9.17) is 0 Å². The van der Waals surface area contributed by atoms with Gasteiger partial charge in [0.1, 0.15) is 0 Å². The molecule has 0 spiro atoms. The first-order valence-corrected chi connectivity index (χ1v) is 9.18. The summed E-state index contributed by atoms with van der Waals surface area (Å²) in [4.78, 5) is 25.7. The third-order valence-electron chi connectivity index (χ3n) is 4.44. The molecule has 0 aliphatic carbocycles. The molecule has 1 aliphatic rings. The van der Waals surface area contributed by atoms with Gasteiger partial charge in [-0.15, -0.1) is 0 Å². The zero-order valence-corrected chi connectivity index (χ0v) is 15.4. The largest absolute Gasteiger partial charge is 0.372 e. The maximum absolute atomic E-state index is 12.2. The van der Waals surface area contributed by atoms with Crippen molar-refractivity contribution in [3.63, 3.8) is 0 Å². The van der Waals surface area contributed by atoms with Crippen molar-refractivity contribution in [2.45, 2.75) is 26.2 Å². The van der Waals surface area contributed by atoms with Crippen molar-refractivity contribution in [1.82, 2.24) is 5.43 Å². The van der Waals surface area contributed by atoms with E-state index >= 15 is 0 Å². The average Bonchev–Trinajstić information content (AvgIpc) is 2.69. The number of hydrazone groups is 1. The normalized spacial score (nSPS) is 14.2. The van der Waals surface area contributed by atoms with Crippen LogP contribution in [0.4, 0.5) is 11.4 Å². The van der Waals surface area contributed by atoms with Crippen molar-refractivity contribution in [1.29, 1.82) is 0 Å². The summed E-state index contributed by atoms with van der Waals surface area (Å²) < 4.78 is 0. The zero-order chi connectivity index (χ0) is 19.1. The SMILES string of the molecule is CC(=O)Nc1cccc(C(=O)NN=Cc2ccc(N3CCCCC3)cc2)c1. The van der Waals surface area contributed by atoms with E-state index < -0.39 is 0 Å². The molecule has 2 aromatic rings. The number of hydrogen-bond donors (Lipinski definition) is 2. The first-order chi connectivity index (χ1) is 13.1. The van der Waals surface area contributed by atoms with Gasteiger partial charge in [0, 0.05) is 37.0 Å². The van der Waals surface area contributed by atoms with Crippen LogP contribution in [0.15, 0.2) is 53.6 Å². The van der Waals surface area contributed by atoms with Gasteiger partial charge in [-0.05, 0) is 55.2 Å². The fourth-order valence-electron chi connectivity index (χ4n) is 3.09. The van der Waals surface area contributed by atoms with Gasteiger partial charge >= 0.3 is 0 Å². The predicted octanol–water partition coefficient (Wildman–Crippen LogP) is 3.40. The molecule has 2 aromatic carbocycles. The van der Waals surface area contributed by atoms with Gasteiger partial charge in [0.15, 0.2) is 0 Å². The van der Waals surface area contributed by atoms with Crippen molar-refractivity contribution < 1.29 is 9.59 Å². The number of hydrogen-bond acceptors (Lipinski definition) is 4. The highest BCUT2D eigenvalue weighted by Gasteiger charge is 2.10. The van der Waals surface area contributed by atoms with Crippen molar-refractivity contribution in [2.24, 2.45) is 5.10 Å². The number of nitrogens with one attached hydrogen (secondary N) is 2. The molecule has 0 saturated carbocycles. The standard InChI is InChI=1S/C21H24N4O2/c1-16(26)23-19-7-5-6-18(14-19)21(27)24-22-15-17-8-10-20(11-9-17)25-12-3-2-4-13-25/h5-11,14-15H,2-4,12-13H2,1H3,(H,23,26)(H,24,27). The predicted molar refractivity (Wildman–Crippen MR) is 108 cm³/mol. The summed E-state index contributed by atoms with van der Waals surface area (Å²) in [6.45, 7) is 3.65. The average molecular weight is 364 g/mol. The second-order valence-electron chi connectivity index (χ2n) is 6.60. The van der Waals surface area contributed by atoms with Crippen molar-refractivity contribution in [3.05, 3.63) is 59.7 Å². The number of rotatable bonds is 5. The summed E-state index contributed by atoms with van der Waals surface area (Å²) in [5.41, 5.74) is 5.67. The van der Waals surface area contributed by atoms with Gasteiger partial charge in [-0.2, -0.15) is 5.10 Å². The molecule has 3 rings (SSSR count). The van der Waals surface area contributed by atoms with E-state index in [2.05, 4.69) is 32.9 Å². The second-order valence-corrected chi connectivity index (χ2v) is 6.60. The molecule has 0 bridgehead atoms. The van der Waals surface area contributed by atoms with Crippen LogP contribution in [0.2, 0.25) is 0 Å². The van der Waals surface area contributed by atoms with E-state index in [1.165, 1.54) is 31.9 Å². The van der Waals surface area contributed by atoms with Gasteiger partial charge in [0.05, 0.1) is 6.21 Å². The highest BCUT2D eigenvalue weighted by molar-refractivity contribution is 5.97. The number of nitrogens with zero attached hydrogens (tertiary/aromatic N) is 2. The van der Waals surface area contributed by atoms with Crippen LogP contribution in [0.5, 0.6) is 0 Å². The van der Waals surface area contributed by atoms with Crippen molar-refractivity contribution in [2.75, 3.05) is 23.3 Å². The van der Waals surface area contributed by atoms with E-state index in [1.54, 1.807) is 30.5 Å². The maximum atomic E-state index is 12.2. The molecule has 1 fully saturated rings. The van der Waals surface area contributed by atoms with Gasteiger partial charge in [0.2, 0.25) is 5.91 Å². The summed E-state index contributed by atoms with van der Waals surface area (Å²) in [5.74, 6) is -0.512. The number of piperidine rings is 1. The summed E-state index contributed by atoms with van der Waals surface area (Å²) in [7, 11) is 0. The minimum absolute atomic E-state index is 0.182. The highest BCUT2D eigenvalue weighted by atomic mass is 16.2. The molecule has 2 N–H and O–H groups in total. The summed E-state index contributed by atoms with van der Waals surface area (Å²) in [6, 6.07) is 14.9. The minimum Gasteiger partial charge on any atom is -0.372 e. The number of carbonyl (C=O) groups is 2.